The number of benzene rings is 1. The van der Waals surface area contributed by atoms with Crippen molar-refractivity contribution in [2.75, 3.05) is 41.9 Å². The molecular formula is C27H33F3N4O3. The van der Waals surface area contributed by atoms with Crippen LogP contribution in [0.15, 0.2) is 36.5 Å². The van der Waals surface area contributed by atoms with E-state index in [-0.39, 0.29) is 17.9 Å². The largest absolute Gasteiger partial charge is 0.411 e. The van der Waals surface area contributed by atoms with Crippen LogP contribution < -0.4 is 15.1 Å². The first-order chi connectivity index (χ1) is 17.8. The van der Waals surface area contributed by atoms with Crippen molar-refractivity contribution in [3.63, 3.8) is 0 Å². The topological polar surface area (TPSA) is 66.9 Å². The average Bonchev–Trinajstić information content (AvgIpc) is 3.08. The van der Waals surface area contributed by atoms with Crippen molar-refractivity contribution < 1.29 is 27.4 Å². The van der Waals surface area contributed by atoms with Gasteiger partial charge in [-0.15, -0.1) is 0 Å². The summed E-state index contributed by atoms with van der Waals surface area (Å²) in [6.07, 6.45) is 1.69. The molecule has 2 aromatic rings. The molecule has 5 rings (SSSR count). The zero-order chi connectivity index (χ0) is 26.0. The monoisotopic (exact) mass is 518 g/mol. The van der Waals surface area contributed by atoms with Crippen molar-refractivity contribution >= 4 is 28.8 Å². The summed E-state index contributed by atoms with van der Waals surface area (Å²) in [6, 6.07) is 9.68. The number of ether oxygens (including phenoxy) is 2. The van der Waals surface area contributed by atoms with Gasteiger partial charge >= 0.3 is 6.18 Å². The molecular weight excluding hydrogens is 485 g/mol. The number of hydrogen-bond acceptors (Lipinski definition) is 6. The molecule has 1 atom stereocenters. The highest BCUT2D eigenvalue weighted by molar-refractivity contribution is 6.00. The molecule has 3 aliphatic rings. The lowest BCUT2D eigenvalue weighted by Crippen LogP contribution is -2.41. The number of nitrogens with one attached hydrogen (secondary N) is 1. The lowest BCUT2D eigenvalue weighted by Gasteiger charge is -2.36. The lowest BCUT2D eigenvalue weighted by atomic mass is 9.86. The van der Waals surface area contributed by atoms with Crippen LogP contribution >= 0.6 is 0 Å². The number of alkyl halides is 3. The van der Waals surface area contributed by atoms with Crippen molar-refractivity contribution in [3.05, 3.63) is 42.1 Å². The van der Waals surface area contributed by atoms with Crippen molar-refractivity contribution in [1.82, 2.24) is 4.98 Å². The van der Waals surface area contributed by atoms with Gasteiger partial charge in [-0.3, -0.25) is 4.79 Å². The van der Waals surface area contributed by atoms with Crippen molar-refractivity contribution in [2.45, 2.75) is 63.5 Å². The molecule has 1 unspecified atom stereocenters. The number of pyridine rings is 1. The van der Waals surface area contributed by atoms with Crippen LogP contribution in [-0.4, -0.2) is 56.1 Å². The minimum Gasteiger partial charge on any atom is -0.381 e. The SMILES string of the molecule is CO[C@H]1CC[C@H](C(=O)N2Cc3cccnc3Nc3ccc(N4CCCC(OCC(F)(F)F)C4)cc32)CC1. The summed E-state index contributed by atoms with van der Waals surface area (Å²) in [5.41, 5.74) is 3.33. The Balaban J connectivity index is 1.41. The van der Waals surface area contributed by atoms with Gasteiger partial charge in [0.15, 0.2) is 0 Å². The number of carbonyl (C=O) groups is 1. The number of rotatable bonds is 5. The summed E-state index contributed by atoms with van der Waals surface area (Å²) in [4.78, 5) is 22.3. The number of carbonyl (C=O) groups excluding carboxylic acids is 1. The zero-order valence-electron chi connectivity index (χ0n) is 21.0. The molecule has 1 aromatic heterocycles. The van der Waals surface area contributed by atoms with Crippen molar-refractivity contribution in [3.8, 4) is 0 Å². The molecule has 1 N–H and O–H groups in total. The molecule has 0 bridgehead atoms. The maximum Gasteiger partial charge on any atom is 0.411 e. The third-order valence-corrected chi connectivity index (χ3v) is 7.59. The first-order valence-corrected chi connectivity index (χ1v) is 12.9. The molecule has 1 saturated heterocycles. The molecule has 0 spiro atoms. The molecule has 7 nitrogen and oxygen atoms in total. The van der Waals surface area contributed by atoms with Crippen molar-refractivity contribution in [1.29, 1.82) is 0 Å². The van der Waals surface area contributed by atoms with Crippen LogP contribution in [-0.2, 0) is 20.8 Å². The fourth-order valence-corrected chi connectivity index (χ4v) is 5.59. The maximum atomic E-state index is 13.9. The Labute approximate surface area is 214 Å². The predicted molar refractivity (Wildman–Crippen MR) is 135 cm³/mol. The van der Waals surface area contributed by atoms with E-state index in [1.54, 1.807) is 13.3 Å². The number of piperidine rings is 1. The first kappa shape index (κ1) is 25.8. The zero-order valence-corrected chi connectivity index (χ0v) is 21.0. The van der Waals surface area contributed by atoms with Crippen LogP contribution in [0.2, 0.25) is 0 Å². The normalized spacial score (nSPS) is 24.1. The van der Waals surface area contributed by atoms with E-state index >= 15 is 0 Å². The Morgan fingerprint density at radius 2 is 1.95 bits per heavy atom. The molecule has 0 radical (unpaired) electrons. The second kappa shape index (κ2) is 10.9. The highest BCUT2D eigenvalue weighted by Gasteiger charge is 2.34. The fourth-order valence-electron chi connectivity index (χ4n) is 5.59. The number of anilines is 4. The molecule has 1 aliphatic carbocycles. The predicted octanol–water partition coefficient (Wildman–Crippen LogP) is 5.42. The fraction of sp³-hybridized carbons (Fsp3) is 0.556. The smallest absolute Gasteiger partial charge is 0.381 e. The Morgan fingerprint density at radius 1 is 1.14 bits per heavy atom. The average molecular weight is 519 g/mol. The lowest BCUT2D eigenvalue weighted by molar-refractivity contribution is -0.185. The van der Waals surface area contributed by atoms with Crippen molar-refractivity contribution in [2.24, 2.45) is 5.92 Å². The number of amides is 1. The van der Waals surface area contributed by atoms with E-state index in [9.17, 15) is 18.0 Å². The minimum atomic E-state index is -4.34. The number of nitrogens with zero attached hydrogens (tertiary/aromatic N) is 3. The van der Waals surface area contributed by atoms with Gasteiger partial charge in [-0.25, -0.2) is 4.98 Å². The van der Waals surface area contributed by atoms with E-state index in [4.69, 9.17) is 9.47 Å². The Kier molecular flexibility index (Phi) is 7.57. The summed E-state index contributed by atoms with van der Waals surface area (Å²) in [6.45, 7) is 0.249. The minimum absolute atomic E-state index is 0.0801. The highest BCUT2D eigenvalue weighted by Crippen LogP contribution is 2.40. The number of aromatic nitrogens is 1. The third-order valence-electron chi connectivity index (χ3n) is 7.59. The number of hydrogen-bond donors (Lipinski definition) is 1. The van der Waals surface area contributed by atoms with Gasteiger partial charge in [0.1, 0.15) is 12.4 Å². The highest BCUT2D eigenvalue weighted by atomic mass is 19.4. The molecule has 1 saturated carbocycles. The van der Waals surface area contributed by atoms with Crippen LogP contribution in [0.1, 0.15) is 44.1 Å². The van der Waals surface area contributed by atoms with Gasteiger partial charge in [0, 0.05) is 43.6 Å². The van der Waals surface area contributed by atoms with Crippen LogP contribution in [0.3, 0.4) is 0 Å². The van der Waals surface area contributed by atoms with Gasteiger partial charge in [0.2, 0.25) is 5.91 Å². The second-order valence-corrected chi connectivity index (χ2v) is 10.1. The second-order valence-electron chi connectivity index (χ2n) is 10.1. The quantitative estimate of drug-likeness (QED) is 0.570. The van der Waals surface area contributed by atoms with E-state index in [0.29, 0.717) is 25.3 Å². The summed E-state index contributed by atoms with van der Waals surface area (Å²) < 4.78 is 48.7. The molecule has 10 heteroatoms. The number of fused-ring (bicyclic) bond motifs is 2. The van der Waals surface area contributed by atoms with E-state index < -0.39 is 18.9 Å². The molecule has 2 aliphatic heterocycles. The van der Waals surface area contributed by atoms with E-state index in [1.807, 2.05) is 40.1 Å². The van der Waals surface area contributed by atoms with Gasteiger partial charge in [-0.1, -0.05) is 6.07 Å². The van der Waals surface area contributed by atoms with Gasteiger partial charge in [-0.2, -0.15) is 13.2 Å². The molecule has 1 aromatic carbocycles. The van der Waals surface area contributed by atoms with Gasteiger partial charge in [-0.05, 0) is 62.8 Å². The molecule has 37 heavy (non-hydrogen) atoms. The van der Waals surface area contributed by atoms with Gasteiger partial charge in [0.25, 0.3) is 0 Å². The van der Waals surface area contributed by atoms with E-state index in [0.717, 1.165) is 61.3 Å². The summed E-state index contributed by atoms with van der Waals surface area (Å²) in [5.74, 6) is 0.709. The molecule has 3 heterocycles. The summed E-state index contributed by atoms with van der Waals surface area (Å²) >= 11 is 0. The molecule has 2 fully saturated rings. The van der Waals surface area contributed by atoms with E-state index in [1.165, 1.54) is 0 Å². The van der Waals surface area contributed by atoms with Gasteiger partial charge in [0.05, 0.1) is 30.1 Å². The Bertz CT molecular complexity index is 1100. The first-order valence-electron chi connectivity index (χ1n) is 12.9. The molecule has 200 valence electrons. The Morgan fingerprint density at radius 3 is 2.70 bits per heavy atom. The van der Waals surface area contributed by atoms with Crippen LogP contribution in [0.25, 0.3) is 0 Å². The summed E-state index contributed by atoms with van der Waals surface area (Å²) in [7, 11) is 1.72. The third kappa shape index (κ3) is 6.01. The maximum absolute atomic E-state index is 13.9. The van der Waals surface area contributed by atoms with E-state index in [2.05, 4.69) is 10.3 Å². The Hall–Kier alpha value is -2.85. The van der Waals surface area contributed by atoms with Crippen LogP contribution in [0.5, 0.6) is 0 Å². The number of halogens is 3. The standard InChI is InChI=1S/C27H33F3N4O3/c1-36-21-9-6-18(7-10-21)26(35)34-15-19-4-2-12-31-25(19)32-23-11-8-20(14-24(23)34)33-13-3-5-22(16-33)37-17-27(28,29)30/h2,4,8,11-12,14,18,21-22H,3,5-7,9-10,13,15-17H2,1H3,(H,31,32)/t18-,21-,22?. The van der Waals surface area contributed by atoms with Gasteiger partial charge < -0.3 is 24.6 Å². The summed E-state index contributed by atoms with van der Waals surface area (Å²) in [5, 5.41) is 3.39. The number of methoxy groups -OCH3 is 1. The van der Waals surface area contributed by atoms with Crippen LogP contribution in [0, 0.1) is 5.92 Å². The molecule has 1 amide bonds. The van der Waals surface area contributed by atoms with Crippen LogP contribution in [0.4, 0.5) is 36.1 Å².